The molecule has 12 nitrogen and oxygen atoms in total. The number of esters is 2. The lowest BCUT2D eigenvalue weighted by molar-refractivity contribution is -0.158. The average Bonchev–Trinajstić information content (AvgIpc) is 2.62. The molecule has 0 aromatic rings. The van der Waals surface area contributed by atoms with Gasteiger partial charge >= 0.3 is 11.9 Å². The minimum Gasteiger partial charge on any atom is -0.438 e. The highest BCUT2D eigenvalue weighted by molar-refractivity contribution is 7.87. The third kappa shape index (κ3) is 12.5. The van der Waals surface area contributed by atoms with Crippen LogP contribution in [0, 0.1) is 5.92 Å². The van der Waals surface area contributed by atoms with E-state index in [0.717, 1.165) is 0 Å². The van der Waals surface area contributed by atoms with Crippen LogP contribution in [0.15, 0.2) is 0 Å². The maximum absolute atomic E-state index is 12.2. The van der Waals surface area contributed by atoms with Crippen molar-refractivity contribution in [3.63, 3.8) is 0 Å². The molecular formula is C16H28O12S. The number of carbonyl (C=O) groups is 3. The first kappa shape index (κ1) is 27.4. The highest BCUT2D eigenvalue weighted by Crippen LogP contribution is 2.23. The van der Waals surface area contributed by atoms with Crippen molar-refractivity contribution in [2.75, 3.05) is 47.3 Å². The Morgan fingerprint density at radius 1 is 0.897 bits per heavy atom. The van der Waals surface area contributed by atoms with E-state index in [9.17, 15) is 27.4 Å². The molecule has 0 spiro atoms. The zero-order valence-electron chi connectivity index (χ0n) is 16.7. The predicted octanol–water partition coefficient (Wildman–Crippen LogP) is -0.0968. The molecule has 2 atom stereocenters. The highest BCUT2D eigenvalue weighted by atomic mass is 32.2. The average molecular weight is 444 g/mol. The molecule has 0 aliphatic rings. The molecule has 0 aliphatic carbocycles. The van der Waals surface area contributed by atoms with E-state index in [0.29, 0.717) is 6.61 Å². The normalized spacial score (nSPS) is 13.5. The number of carbonyl (C=O) groups excluding carboxylic acids is 3. The third-order valence-corrected chi connectivity index (χ3v) is 4.58. The van der Waals surface area contributed by atoms with Crippen LogP contribution in [0.25, 0.3) is 0 Å². The number of rotatable bonds is 17. The molecule has 2 unspecified atom stereocenters. The minimum atomic E-state index is -5.03. The second-order valence-electron chi connectivity index (χ2n) is 5.60. The summed E-state index contributed by atoms with van der Waals surface area (Å²) in [5.74, 6) is -4.40. The molecule has 0 fully saturated rings. The van der Waals surface area contributed by atoms with Crippen LogP contribution in [-0.2, 0) is 52.9 Å². The van der Waals surface area contributed by atoms with Crippen molar-refractivity contribution in [3.05, 3.63) is 0 Å². The van der Waals surface area contributed by atoms with E-state index in [1.165, 1.54) is 7.11 Å². The number of hydrogen-bond acceptors (Lipinski definition) is 11. The van der Waals surface area contributed by atoms with Gasteiger partial charge in [-0.05, 0) is 13.8 Å². The number of ether oxygens (including phenoxy) is 6. The fourth-order valence-electron chi connectivity index (χ4n) is 2.16. The number of methoxy groups -OCH3 is 1. The quantitative estimate of drug-likeness (QED) is 0.137. The van der Waals surface area contributed by atoms with Gasteiger partial charge in [-0.2, -0.15) is 8.42 Å². The predicted molar refractivity (Wildman–Crippen MR) is 96.1 cm³/mol. The summed E-state index contributed by atoms with van der Waals surface area (Å²) in [6.07, 6.45) is -1.25. The first-order chi connectivity index (χ1) is 13.7. The fourth-order valence-corrected chi connectivity index (χ4v) is 3.15. The molecule has 0 saturated carbocycles. The largest absolute Gasteiger partial charge is 0.438 e. The van der Waals surface area contributed by atoms with Crippen LogP contribution in [0.1, 0.15) is 26.7 Å². The Labute approximate surface area is 169 Å². The van der Waals surface area contributed by atoms with Gasteiger partial charge < -0.3 is 28.4 Å². The molecule has 0 heterocycles. The van der Waals surface area contributed by atoms with Gasteiger partial charge in [0.25, 0.3) is 10.1 Å². The molecule has 0 bridgehead atoms. The molecule has 0 aromatic heterocycles. The van der Waals surface area contributed by atoms with E-state index in [1.54, 1.807) is 13.8 Å². The van der Waals surface area contributed by atoms with E-state index >= 15 is 0 Å². The lowest BCUT2D eigenvalue weighted by Gasteiger charge is -2.22. The molecule has 0 saturated heterocycles. The Morgan fingerprint density at radius 3 is 2.07 bits per heavy atom. The standard InChI is InChI=1S/C16H28O12S/c1-4-24-10-26-8-13(17)6-12(7-14(18)27-9-23-3)15(29(20,21)22)16(19)28-11-25-5-2/h12,15H,4-11H2,1-3H3,(H,20,21,22). The molecule has 0 amide bonds. The highest BCUT2D eigenvalue weighted by Gasteiger charge is 2.42. The Bertz CT molecular complexity index is 603. The van der Waals surface area contributed by atoms with E-state index in [2.05, 4.69) is 14.2 Å². The Morgan fingerprint density at radius 2 is 1.52 bits per heavy atom. The summed E-state index contributed by atoms with van der Waals surface area (Å²) in [5.41, 5.74) is 0. The minimum absolute atomic E-state index is 0.166. The lowest BCUT2D eigenvalue weighted by atomic mass is 9.94. The van der Waals surface area contributed by atoms with Gasteiger partial charge in [0.05, 0.1) is 6.42 Å². The molecule has 1 N–H and O–H groups in total. The van der Waals surface area contributed by atoms with Crippen molar-refractivity contribution in [1.82, 2.24) is 0 Å². The van der Waals surface area contributed by atoms with Crippen molar-refractivity contribution in [3.8, 4) is 0 Å². The number of hydrogen-bond donors (Lipinski definition) is 1. The van der Waals surface area contributed by atoms with E-state index in [1.807, 2.05) is 0 Å². The fraction of sp³-hybridized carbons (Fsp3) is 0.812. The molecule has 13 heteroatoms. The summed E-state index contributed by atoms with van der Waals surface area (Å²) in [6.45, 7) is 2.29. The second kappa shape index (κ2) is 15.2. The van der Waals surface area contributed by atoms with Gasteiger partial charge in [-0.15, -0.1) is 0 Å². The molecule has 0 aliphatic heterocycles. The first-order valence-corrected chi connectivity index (χ1v) is 10.2. The van der Waals surface area contributed by atoms with Crippen molar-refractivity contribution < 1.29 is 55.8 Å². The van der Waals surface area contributed by atoms with Crippen LogP contribution in [0.2, 0.25) is 0 Å². The molecular weight excluding hydrogens is 416 g/mol. The summed E-state index contributed by atoms with van der Waals surface area (Å²) < 4.78 is 61.7. The Hall–Kier alpha value is -1.64. The third-order valence-electron chi connectivity index (χ3n) is 3.36. The van der Waals surface area contributed by atoms with Gasteiger partial charge in [0, 0.05) is 32.7 Å². The van der Waals surface area contributed by atoms with Crippen molar-refractivity contribution >= 4 is 27.8 Å². The summed E-state index contributed by atoms with van der Waals surface area (Å²) in [4.78, 5) is 36.2. The van der Waals surface area contributed by atoms with Gasteiger partial charge in [0.1, 0.15) is 13.4 Å². The van der Waals surface area contributed by atoms with E-state index in [-0.39, 0.29) is 13.4 Å². The SMILES string of the molecule is CCOCOCC(=O)CC(CC(=O)OCOC)C(C(=O)OCOCC)S(=O)(=O)O. The summed E-state index contributed by atoms with van der Waals surface area (Å²) in [6, 6.07) is 0. The molecule has 29 heavy (non-hydrogen) atoms. The van der Waals surface area contributed by atoms with Crippen LogP contribution < -0.4 is 0 Å². The number of Topliss-reactive ketones (excluding diaryl/α,β-unsaturated/α-hetero) is 1. The topological polar surface area (TPSA) is 161 Å². The molecule has 0 radical (unpaired) electrons. The van der Waals surface area contributed by atoms with Crippen molar-refractivity contribution in [2.45, 2.75) is 31.9 Å². The van der Waals surface area contributed by atoms with E-state index in [4.69, 9.17) is 14.2 Å². The van der Waals surface area contributed by atoms with Crippen LogP contribution in [0.3, 0.4) is 0 Å². The number of ketones is 1. The smallest absolute Gasteiger partial charge is 0.329 e. The lowest BCUT2D eigenvalue weighted by Crippen LogP contribution is -2.41. The maximum atomic E-state index is 12.2. The Kier molecular flexibility index (Phi) is 14.4. The summed E-state index contributed by atoms with van der Waals surface area (Å²) in [5, 5.41) is -2.20. The molecule has 0 aromatic carbocycles. The molecule has 170 valence electrons. The summed E-state index contributed by atoms with van der Waals surface area (Å²) in [7, 11) is -3.77. The summed E-state index contributed by atoms with van der Waals surface area (Å²) >= 11 is 0. The van der Waals surface area contributed by atoms with Gasteiger partial charge in [-0.25, -0.2) is 0 Å². The first-order valence-electron chi connectivity index (χ1n) is 8.69. The van der Waals surface area contributed by atoms with Crippen LogP contribution in [0.4, 0.5) is 0 Å². The monoisotopic (exact) mass is 444 g/mol. The Balaban J connectivity index is 5.36. The van der Waals surface area contributed by atoms with Crippen molar-refractivity contribution in [1.29, 1.82) is 0 Å². The van der Waals surface area contributed by atoms with Gasteiger partial charge in [-0.3, -0.25) is 18.9 Å². The zero-order valence-corrected chi connectivity index (χ0v) is 17.5. The van der Waals surface area contributed by atoms with Crippen LogP contribution in [0.5, 0.6) is 0 Å². The van der Waals surface area contributed by atoms with Gasteiger partial charge in [-0.1, -0.05) is 0 Å². The molecule has 0 rings (SSSR count). The van der Waals surface area contributed by atoms with Gasteiger partial charge in [0.2, 0.25) is 0 Å². The zero-order chi connectivity index (χ0) is 22.3. The maximum Gasteiger partial charge on any atom is 0.329 e. The second-order valence-corrected chi connectivity index (χ2v) is 7.14. The van der Waals surface area contributed by atoms with Crippen LogP contribution >= 0.6 is 0 Å². The van der Waals surface area contributed by atoms with E-state index < -0.39 is 72.0 Å². The van der Waals surface area contributed by atoms with Gasteiger partial charge in [0.15, 0.2) is 24.6 Å². The van der Waals surface area contributed by atoms with Crippen molar-refractivity contribution in [2.24, 2.45) is 5.92 Å². The van der Waals surface area contributed by atoms with Crippen LogP contribution in [-0.4, -0.2) is 83.3 Å².